The first-order chi connectivity index (χ1) is 11.4. The number of benzene rings is 1. The minimum absolute atomic E-state index is 0. The zero-order chi connectivity index (χ0) is 17.6. The van der Waals surface area contributed by atoms with Crippen molar-refractivity contribution in [2.24, 2.45) is 0 Å². The lowest BCUT2D eigenvalue weighted by Gasteiger charge is -2.35. The van der Waals surface area contributed by atoms with E-state index in [0.29, 0.717) is 37.6 Å². The molecule has 0 aliphatic carbocycles. The van der Waals surface area contributed by atoms with Crippen molar-refractivity contribution in [2.75, 3.05) is 32.7 Å². The largest absolute Gasteiger partial charge is 0.405 e. The number of piperazine rings is 1. The minimum Gasteiger partial charge on any atom is -0.354 e. The lowest BCUT2D eigenvalue weighted by Crippen LogP contribution is -2.57. The molecule has 1 aliphatic heterocycles. The molecule has 4 nitrogen and oxygen atoms in total. The number of rotatable bonds is 6. The fourth-order valence-corrected chi connectivity index (χ4v) is 2.92. The highest BCUT2D eigenvalue weighted by molar-refractivity contribution is 6.31. The molecule has 142 valence electrons. The van der Waals surface area contributed by atoms with Gasteiger partial charge in [0.15, 0.2) is 0 Å². The standard InChI is InChI=1S/C16H21ClF3N3O.ClH/c17-13-4-2-1-3-12(13)5-6-15(24)22-11-14(16(18,19)20)23-9-7-21-8-10-23;/h1-4,14,21H,5-11H2,(H,22,24);1H. The van der Waals surface area contributed by atoms with Gasteiger partial charge in [0, 0.05) is 44.2 Å². The molecule has 2 N–H and O–H groups in total. The van der Waals surface area contributed by atoms with Crippen molar-refractivity contribution in [1.29, 1.82) is 0 Å². The van der Waals surface area contributed by atoms with Gasteiger partial charge >= 0.3 is 6.18 Å². The molecule has 0 bridgehead atoms. The van der Waals surface area contributed by atoms with Gasteiger partial charge in [-0.2, -0.15) is 13.2 Å². The van der Waals surface area contributed by atoms with E-state index in [4.69, 9.17) is 11.6 Å². The topological polar surface area (TPSA) is 44.4 Å². The average molecular weight is 400 g/mol. The van der Waals surface area contributed by atoms with Gasteiger partial charge in [0.2, 0.25) is 5.91 Å². The Morgan fingerprint density at radius 2 is 1.92 bits per heavy atom. The monoisotopic (exact) mass is 399 g/mol. The van der Waals surface area contributed by atoms with Gasteiger partial charge in [-0.05, 0) is 18.1 Å². The Balaban J connectivity index is 0.00000312. The number of alkyl halides is 3. The second-order valence-corrected chi connectivity index (χ2v) is 6.15. The van der Waals surface area contributed by atoms with Gasteiger partial charge in [0.1, 0.15) is 6.04 Å². The Hall–Kier alpha value is -1.02. The number of halogens is 5. The molecule has 1 amide bonds. The van der Waals surface area contributed by atoms with Crippen LogP contribution < -0.4 is 10.6 Å². The van der Waals surface area contributed by atoms with E-state index < -0.39 is 24.7 Å². The summed E-state index contributed by atoms with van der Waals surface area (Å²) in [7, 11) is 0. The first-order valence-electron chi connectivity index (χ1n) is 7.89. The smallest absolute Gasteiger partial charge is 0.354 e. The number of amides is 1. The Bertz CT molecular complexity index is 552. The van der Waals surface area contributed by atoms with Gasteiger partial charge < -0.3 is 10.6 Å². The molecule has 1 fully saturated rings. The molecule has 1 unspecified atom stereocenters. The van der Waals surface area contributed by atoms with Crippen molar-refractivity contribution < 1.29 is 18.0 Å². The molecular weight excluding hydrogens is 378 g/mol. The lowest BCUT2D eigenvalue weighted by atomic mass is 10.1. The van der Waals surface area contributed by atoms with Crippen LogP contribution in [0.4, 0.5) is 13.2 Å². The summed E-state index contributed by atoms with van der Waals surface area (Å²) >= 11 is 6.00. The fraction of sp³-hybridized carbons (Fsp3) is 0.562. The highest BCUT2D eigenvalue weighted by Gasteiger charge is 2.43. The lowest BCUT2D eigenvalue weighted by molar-refractivity contribution is -0.184. The molecule has 0 spiro atoms. The van der Waals surface area contributed by atoms with Crippen LogP contribution in [-0.4, -0.2) is 55.7 Å². The Kier molecular flexibility index (Phi) is 8.99. The van der Waals surface area contributed by atoms with Gasteiger partial charge in [-0.3, -0.25) is 9.69 Å². The summed E-state index contributed by atoms with van der Waals surface area (Å²) in [6.45, 7) is 1.25. The summed E-state index contributed by atoms with van der Waals surface area (Å²) in [5, 5.41) is 5.99. The quantitative estimate of drug-likeness (QED) is 0.772. The minimum atomic E-state index is -4.37. The summed E-state index contributed by atoms with van der Waals surface area (Å²) in [6.07, 6.45) is -3.86. The van der Waals surface area contributed by atoms with E-state index in [1.165, 1.54) is 4.90 Å². The van der Waals surface area contributed by atoms with Crippen LogP contribution >= 0.6 is 24.0 Å². The van der Waals surface area contributed by atoms with E-state index in [1.807, 2.05) is 6.07 Å². The Morgan fingerprint density at radius 1 is 1.28 bits per heavy atom. The normalized spacial score (nSPS) is 16.8. The second-order valence-electron chi connectivity index (χ2n) is 5.74. The van der Waals surface area contributed by atoms with Crippen molar-refractivity contribution in [3.63, 3.8) is 0 Å². The molecule has 25 heavy (non-hydrogen) atoms. The van der Waals surface area contributed by atoms with Crippen LogP contribution in [0.3, 0.4) is 0 Å². The van der Waals surface area contributed by atoms with Gasteiger partial charge in [0.25, 0.3) is 0 Å². The maximum Gasteiger partial charge on any atom is 0.405 e. The highest BCUT2D eigenvalue weighted by Crippen LogP contribution is 2.25. The second kappa shape index (κ2) is 10.2. The Labute approximate surface area is 156 Å². The zero-order valence-corrected chi connectivity index (χ0v) is 15.2. The zero-order valence-electron chi connectivity index (χ0n) is 13.6. The van der Waals surface area contributed by atoms with Crippen molar-refractivity contribution in [3.05, 3.63) is 34.9 Å². The van der Waals surface area contributed by atoms with E-state index in [2.05, 4.69) is 10.6 Å². The molecule has 0 saturated carbocycles. The summed E-state index contributed by atoms with van der Waals surface area (Å²) in [5.41, 5.74) is 0.809. The number of aryl methyl sites for hydroxylation is 1. The molecular formula is C16H22Cl2F3N3O. The molecule has 0 radical (unpaired) electrons. The molecule has 1 atom stereocenters. The molecule has 1 aromatic rings. The van der Waals surface area contributed by atoms with Gasteiger partial charge in [-0.1, -0.05) is 29.8 Å². The predicted molar refractivity (Wildman–Crippen MR) is 94.3 cm³/mol. The number of nitrogens with zero attached hydrogens (tertiary/aromatic N) is 1. The first kappa shape index (κ1) is 22.0. The fourth-order valence-electron chi connectivity index (χ4n) is 2.69. The molecule has 0 aromatic heterocycles. The van der Waals surface area contributed by atoms with Crippen LogP contribution in [0.15, 0.2) is 24.3 Å². The molecule has 1 heterocycles. The van der Waals surface area contributed by atoms with Crippen molar-refractivity contribution in [1.82, 2.24) is 15.5 Å². The molecule has 1 saturated heterocycles. The molecule has 1 aromatic carbocycles. The molecule has 1 aliphatic rings. The van der Waals surface area contributed by atoms with Crippen LogP contribution in [0.25, 0.3) is 0 Å². The average Bonchev–Trinajstić information content (AvgIpc) is 2.54. The third-order valence-electron chi connectivity index (χ3n) is 4.04. The number of hydrogen-bond donors (Lipinski definition) is 2. The van der Waals surface area contributed by atoms with Crippen LogP contribution in [0.1, 0.15) is 12.0 Å². The maximum atomic E-state index is 13.2. The van der Waals surface area contributed by atoms with Gasteiger partial charge in [-0.25, -0.2) is 0 Å². The summed E-state index contributed by atoms with van der Waals surface area (Å²) < 4.78 is 39.7. The van der Waals surface area contributed by atoms with E-state index in [1.54, 1.807) is 18.2 Å². The van der Waals surface area contributed by atoms with Crippen molar-refractivity contribution in [3.8, 4) is 0 Å². The van der Waals surface area contributed by atoms with E-state index in [-0.39, 0.29) is 18.8 Å². The third kappa shape index (κ3) is 7.01. The van der Waals surface area contributed by atoms with E-state index in [0.717, 1.165) is 5.56 Å². The predicted octanol–water partition coefficient (Wildman–Crippen LogP) is 2.65. The van der Waals surface area contributed by atoms with Gasteiger partial charge in [0.05, 0.1) is 0 Å². The van der Waals surface area contributed by atoms with Crippen LogP contribution in [0.5, 0.6) is 0 Å². The maximum absolute atomic E-state index is 13.2. The van der Waals surface area contributed by atoms with Crippen LogP contribution in [-0.2, 0) is 11.2 Å². The summed E-state index contributed by atoms with van der Waals surface area (Å²) in [5.74, 6) is -0.403. The first-order valence-corrected chi connectivity index (χ1v) is 8.27. The number of carbonyl (C=O) groups excluding carboxylic acids is 1. The number of nitrogens with one attached hydrogen (secondary N) is 2. The molecule has 9 heteroatoms. The molecule has 2 rings (SSSR count). The van der Waals surface area contributed by atoms with E-state index >= 15 is 0 Å². The number of hydrogen-bond acceptors (Lipinski definition) is 3. The number of carbonyl (C=O) groups is 1. The van der Waals surface area contributed by atoms with Crippen molar-refractivity contribution >= 4 is 29.9 Å². The SMILES string of the molecule is Cl.O=C(CCc1ccccc1Cl)NCC(N1CCNCC1)C(F)(F)F. The van der Waals surface area contributed by atoms with E-state index in [9.17, 15) is 18.0 Å². The Morgan fingerprint density at radius 3 is 2.52 bits per heavy atom. The van der Waals surface area contributed by atoms with Gasteiger partial charge in [-0.15, -0.1) is 12.4 Å². The summed E-state index contributed by atoms with van der Waals surface area (Å²) in [6, 6.07) is 5.47. The summed E-state index contributed by atoms with van der Waals surface area (Å²) in [4.78, 5) is 13.3. The van der Waals surface area contributed by atoms with Crippen molar-refractivity contribution in [2.45, 2.75) is 25.1 Å². The van der Waals surface area contributed by atoms with Crippen LogP contribution in [0, 0.1) is 0 Å². The van der Waals surface area contributed by atoms with Crippen LogP contribution in [0.2, 0.25) is 5.02 Å². The third-order valence-corrected chi connectivity index (χ3v) is 4.41. The highest BCUT2D eigenvalue weighted by atomic mass is 35.5.